The monoisotopic (exact) mass is 356 g/mol. The highest BCUT2D eigenvalue weighted by molar-refractivity contribution is 5.97. The van der Waals surface area contributed by atoms with E-state index in [0.29, 0.717) is 12.4 Å². The van der Waals surface area contributed by atoms with Gasteiger partial charge in [-0.05, 0) is 37.6 Å². The first-order valence-corrected chi connectivity index (χ1v) is 8.20. The molecule has 1 amide bonds. The van der Waals surface area contributed by atoms with Crippen LogP contribution in [0.2, 0.25) is 0 Å². The molecule has 1 N–H and O–H groups in total. The Balaban J connectivity index is 1.88. The van der Waals surface area contributed by atoms with E-state index < -0.39 is 23.2 Å². The lowest BCUT2D eigenvalue weighted by Gasteiger charge is -2.23. The number of likely N-dealkylation sites (N-methyl/N-ethyl adjacent to an activating group) is 1. The third-order valence-corrected chi connectivity index (χ3v) is 4.09. The van der Waals surface area contributed by atoms with E-state index in [0.717, 1.165) is 28.6 Å². The highest BCUT2D eigenvalue weighted by atomic mass is 19.1. The fourth-order valence-corrected chi connectivity index (χ4v) is 2.81. The molecule has 0 unspecified atom stereocenters. The van der Waals surface area contributed by atoms with Crippen molar-refractivity contribution in [3.05, 3.63) is 59.9 Å². The minimum absolute atomic E-state index is 0.0925. The fourth-order valence-electron chi connectivity index (χ4n) is 2.81. The van der Waals surface area contributed by atoms with E-state index in [1.54, 1.807) is 4.90 Å². The first kappa shape index (κ1) is 17.7. The van der Waals surface area contributed by atoms with Crippen molar-refractivity contribution in [2.45, 2.75) is 13.8 Å². The van der Waals surface area contributed by atoms with Gasteiger partial charge in [0.25, 0.3) is 0 Å². The molecule has 0 aliphatic carbocycles. The number of nitrogens with one attached hydrogen (secondary N) is 1. The minimum Gasteiger partial charge on any atom is -0.347 e. The van der Waals surface area contributed by atoms with Crippen LogP contribution in [0.5, 0.6) is 0 Å². The lowest BCUT2D eigenvalue weighted by molar-refractivity contribution is -0.115. The maximum absolute atomic E-state index is 13.7. The number of benzene rings is 2. The molecule has 3 rings (SSSR count). The molecule has 0 aliphatic rings. The van der Waals surface area contributed by atoms with Crippen molar-refractivity contribution < 1.29 is 13.6 Å². The molecule has 0 atom stereocenters. The Hall–Kier alpha value is -3.09. The number of aromatic nitrogens is 2. The third kappa shape index (κ3) is 3.46. The van der Waals surface area contributed by atoms with E-state index in [-0.39, 0.29) is 6.54 Å². The number of para-hydroxylation sites is 1. The molecule has 1 aromatic heterocycles. The van der Waals surface area contributed by atoms with E-state index in [9.17, 15) is 13.6 Å². The van der Waals surface area contributed by atoms with Crippen LogP contribution in [0.1, 0.15) is 12.5 Å². The Morgan fingerprint density at radius 1 is 1.12 bits per heavy atom. The Kier molecular flexibility index (Phi) is 5.06. The van der Waals surface area contributed by atoms with Crippen LogP contribution in [0.15, 0.2) is 42.7 Å². The average molecular weight is 356 g/mol. The normalized spacial score (nSPS) is 10.8. The van der Waals surface area contributed by atoms with Crippen molar-refractivity contribution in [3.63, 3.8) is 0 Å². The van der Waals surface area contributed by atoms with Crippen LogP contribution >= 0.6 is 0 Å². The van der Waals surface area contributed by atoms with Crippen LogP contribution in [0, 0.1) is 18.6 Å². The molecule has 0 radical (unpaired) electrons. The van der Waals surface area contributed by atoms with E-state index >= 15 is 0 Å². The number of carbonyl (C=O) groups excluding carboxylic acids is 1. The number of rotatable bonds is 5. The molecule has 0 fully saturated rings. The van der Waals surface area contributed by atoms with Gasteiger partial charge in [-0.1, -0.05) is 18.2 Å². The van der Waals surface area contributed by atoms with Gasteiger partial charge in [0.15, 0.2) is 0 Å². The lowest BCUT2D eigenvalue weighted by atomic mass is 10.1. The number of fused-ring (bicyclic) bond motifs is 1. The van der Waals surface area contributed by atoms with Gasteiger partial charge in [0, 0.05) is 11.9 Å². The number of carbonyl (C=O) groups is 1. The van der Waals surface area contributed by atoms with Gasteiger partial charge in [-0.2, -0.15) is 0 Å². The number of anilines is 2. The summed E-state index contributed by atoms with van der Waals surface area (Å²) >= 11 is 0. The number of amides is 1. The van der Waals surface area contributed by atoms with Gasteiger partial charge >= 0.3 is 0 Å². The van der Waals surface area contributed by atoms with E-state index in [1.807, 2.05) is 32.0 Å². The van der Waals surface area contributed by atoms with E-state index in [4.69, 9.17) is 0 Å². The number of aryl methyl sites for hydroxylation is 1. The molecule has 7 heteroatoms. The highest BCUT2D eigenvalue weighted by Crippen LogP contribution is 2.26. The Bertz CT molecular complexity index is 936. The van der Waals surface area contributed by atoms with Crippen molar-refractivity contribution in [2.75, 3.05) is 23.3 Å². The molecule has 5 nitrogen and oxygen atoms in total. The molecule has 2 aromatic carbocycles. The molecule has 0 spiro atoms. The molecule has 0 aliphatic heterocycles. The van der Waals surface area contributed by atoms with Crippen LogP contribution in [-0.2, 0) is 4.79 Å². The topological polar surface area (TPSA) is 58.1 Å². The van der Waals surface area contributed by atoms with Gasteiger partial charge in [0.2, 0.25) is 5.91 Å². The second kappa shape index (κ2) is 7.43. The summed E-state index contributed by atoms with van der Waals surface area (Å²) in [5.41, 5.74) is 1.31. The number of hydrogen-bond acceptors (Lipinski definition) is 4. The summed E-state index contributed by atoms with van der Waals surface area (Å²) in [6, 6.07) is 9.15. The van der Waals surface area contributed by atoms with Gasteiger partial charge in [-0.15, -0.1) is 0 Å². The first-order valence-electron chi connectivity index (χ1n) is 8.20. The SMILES string of the molecule is CCN(CC(=O)Nc1c(F)cccc1F)c1ncnc2cccc(C)c12. The average Bonchev–Trinajstić information content (AvgIpc) is 2.63. The lowest BCUT2D eigenvalue weighted by Crippen LogP contribution is -2.34. The summed E-state index contributed by atoms with van der Waals surface area (Å²) in [6.45, 7) is 4.22. The summed E-state index contributed by atoms with van der Waals surface area (Å²) in [7, 11) is 0. The predicted molar refractivity (Wildman–Crippen MR) is 97.1 cm³/mol. The predicted octanol–water partition coefficient (Wildman–Crippen LogP) is 3.68. The molecule has 0 saturated carbocycles. The van der Waals surface area contributed by atoms with Gasteiger partial charge in [-0.3, -0.25) is 4.79 Å². The zero-order chi connectivity index (χ0) is 18.7. The van der Waals surface area contributed by atoms with Crippen LogP contribution in [0.3, 0.4) is 0 Å². The Morgan fingerprint density at radius 2 is 1.81 bits per heavy atom. The quantitative estimate of drug-likeness (QED) is 0.758. The standard InChI is InChI=1S/C19H18F2N4O/c1-3-25(10-16(26)24-18-13(20)7-5-8-14(18)21)19-17-12(2)6-4-9-15(17)22-11-23-19/h4-9,11H,3,10H2,1-2H3,(H,24,26). The molecular formula is C19H18F2N4O. The zero-order valence-corrected chi connectivity index (χ0v) is 14.5. The van der Waals surface area contributed by atoms with Gasteiger partial charge in [0.05, 0.1) is 12.1 Å². The van der Waals surface area contributed by atoms with Crippen LogP contribution in [0.25, 0.3) is 10.9 Å². The summed E-state index contributed by atoms with van der Waals surface area (Å²) in [5.74, 6) is -1.55. The van der Waals surface area contributed by atoms with E-state index in [2.05, 4.69) is 15.3 Å². The van der Waals surface area contributed by atoms with Gasteiger partial charge in [-0.25, -0.2) is 18.7 Å². The van der Waals surface area contributed by atoms with Crippen molar-refractivity contribution in [3.8, 4) is 0 Å². The molecule has 134 valence electrons. The minimum atomic E-state index is -0.815. The second-order valence-electron chi connectivity index (χ2n) is 5.83. The number of halogens is 2. The number of nitrogens with zero attached hydrogens (tertiary/aromatic N) is 3. The van der Waals surface area contributed by atoms with Crippen molar-refractivity contribution >= 4 is 28.3 Å². The zero-order valence-electron chi connectivity index (χ0n) is 14.5. The number of hydrogen-bond donors (Lipinski definition) is 1. The van der Waals surface area contributed by atoms with Crippen molar-refractivity contribution in [2.24, 2.45) is 0 Å². The smallest absolute Gasteiger partial charge is 0.244 e. The summed E-state index contributed by atoms with van der Waals surface area (Å²) in [6.07, 6.45) is 1.44. The van der Waals surface area contributed by atoms with Gasteiger partial charge in [0.1, 0.15) is 29.5 Å². The Morgan fingerprint density at radius 3 is 2.50 bits per heavy atom. The summed E-state index contributed by atoms with van der Waals surface area (Å²) in [5, 5.41) is 3.15. The molecule has 26 heavy (non-hydrogen) atoms. The first-order chi connectivity index (χ1) is 12.5. The maximum Gasteiger partial charge on any atom is 0.244 e. The van der Waals surface area contributed by atoms with Crippen LogP contribution in [0.4, 0.5) is 20.3 Å². The molecule has 3 aromatic rings. The maximum atomic E-state index is 13.7. The summed E-state index contributed by atoms with van der Waals surface area (Å²) < 4.78 is 27.5. The van der Waals surface area contributed by atoms with Crippen LogP contribution < -0.4 is 10.2 Å². The third-order valence-electron chi connectivity index (χ3n) is 4.09. The van der Waals surface area contributed by atoms with Crippen LogP contribution in [-0.4, -0.2) is 29.0 Å². The largest absolute Gasteiger partial charge is 0.347 e. The molecule has 1 heterocycles. The summed E-state index contributed by atoms with van der Waals surface area (Å²) in [4.78, 5) is 22.7. The van der Waals surface area contributed by atoms with Crippen molar-refractivity contribution in [1.29, 1.82) is 0 Å². The highest BCUT2D eigenvalue weighted by Gasteiger charge is 2.18. The van der Waals surface area contributed by atoms with Gasteiger partial charge < -0.3 is 10.2 Å². The fraction of sp³-hybridized carbons (Fsp3) is 0.211. The molecule has 0 bridgehead atoms. The van der Waals surface area contributed by atoms with Crippen molar-refractivity contribution in [1.82, 2.24) is 9.97 Å². The molecular weight excluding hydrogens is 338 g/mol. The Labute approximate surface area is 149 Å². The molecule has 0 saturated heterocycles. The second-order valence-corrected chi connectivity index (χ2v) is 5.83. The van der Waals surface area contributed by atoms with E-state index in [1.165, 1.54) is 12.4 Å².